The fourth-order valence-corrected chi connectivity index (χ4v) is 3.65. The van der Waals surface area contributed by atoms with Gasteiger partial charge in [0.25, 0.3) is 5.91 Å². The molecule has 7 nitrogen and oxygen atoms in total. The molecule has 0 bridgehead atoms. The van der Waals surface area contributed by atoms with Crippen LogP contribution in [-0.2, 0) is 11.3 Å². The molecule has 0 unspecified atom stereocenters. The van der Waals surface area contributed by atoms with Crippen LogP contribution in [0.3, 0.4) is 0 Å². The Bertz CT molecular complexity index is 743. The van der Waals surface area contributed by atoms with E-state index in [0.717, 1.165) is 5.56 Å². The summed E-state index contributed by atoms with van der Waals surface area (Å²) in [5, 5.41) is 9.54. The lowest BCUT2D eigenvalue weighted by atomic mass is 10.1. The monoisotopic (exact) mass is 369 g/mol. The summed E-state index contributed by atoms with van der Waals surface area (Å²) in [5.74, 6) is -0.0534. The molecule has 1 fully saturated rings. The molecule has 1 saturated heterocycles. The lowest BCUT2D eigenvalue weighted by Crippen LogP contribution is -2.45. The number of aromatic nitrogens is 2. The predicted molar refractivity (Wildman–Crippen MR) is 103 cm³/mol. The van der Waals surface area contributed by atoms with Crippen LogP contribution >= 0.6 is 0 Å². The van der Waals surface area contributed by atoms with Gasteiger partial charge < -0.3 is 10.2 Å². The number of benzene rings is 1. The van der Waals surface area contributed by atoms with Crippen LogP contribution in [0.2, 0.25) is 0 Å². The molecule has 2 amide bonds. The van der Waals surface area contributed by atoms with Crippen LogP contribution in [0.25, 0.3) is 0 Å². The average molecular weight is 369 g/mol. The van der Waals surface area contributed by atoms with E-state index in [-0.39, 0.29) is 23.9 Å². The van der Waals surface area contributed by atoms with Crippen LogP contribution < -0.4 is 5.32 Å². The fourth-order valence-electron chi connectivity index (χ4n) is 3.65. The number of carbonyl (C=O) groups excluding carboxylic acids is 2. The average Bonchev–Trinajstić information content (AvgIpc) is 3.34. The zero-order valence-corrected chi connectivity index (χ0v) is 15.9. The van der Waals surface area contributed by atoms with E-state index in [2.05, 4.69) is 32.5 Å². The Morgan fingerprint density at radius 2 is 1.96 bits per heavy atom. The first-order chi connectivity index (χ1) is 13.1. The first-order valence-corrected chi connectivity index (χ1v) is 9.49. The number of rotatable bonds is 7. The molecule has 2 atom stereocenters. The van der Waals surface area contributed by atoms with Gasteiger partial charge in [0.15, 0.2) is 0 Å². The minimum atomic E-state index is -0.225. The molecular formula is C20H27N5O2. The van der Waals surface area contributed by atoms with Gasteiger partial charge in [-0.05, 0) is 31.9 Å². The minimum absolute atomic E-state index is 0.0750. The molecule has 2 heterocycles. The molecule has 7 heteroatoms. The van der Waals surface area contributed by atoms with Crippen molar-refractivity contribution in [1.29, 1.82) is 0 Å². The Kier molecular flexibility index (Phi) is 6.24. The zero-order chi connectivity index (χ0) is 19.2. The lowest BCUT2D eigenvalue weighted by molar-refractivity contribution is -0.135. The summed E-state index contributed by atoms with van der Waals surface area (Å²) in [6, 6.07) is 11.5. The predicted octanol–water partition coefficient (Wildman–Crippen LogP) is 1.65. The van der Waals surface area contributed by atoms with Crippen molar-refractivity contribution in [2.45, 2.75) is 38.9 Å². The largest absolute Gasteiger partial charge is 0.347 e. The summed E-state index contributed by atoms with van der Waals surface area (Å²) in [6.45, 7) is 6.71. The Hall–Kier alpha value is -2.67. The van der Waals surface area contributed by atoms with Crippen molar-refractivity contribution in [2.75, 3.05) is 19.6 Å². The van der Waals surface area contributed by atoms with E-state index < -0.39 is 0 Å². The van der Waals surface area contributed by atoms with E-state index in [4.69, 9.17) is 0 Å². The molecule has 144 valence electrons. The number of amides is 2. The quantitative estimate of drug-likeness (QED) is 0.778. The number of H-pyrrole nitrogens is 1. The maximum atomic E-state index is 13.0. The molecule has 3 rings (SSSR count). The van der Waals surface area contributed by atoms with Gasteiger partial charge in [-0.15, -0.1) is 0 Å². The molecule has 0 spiro atoms. The fraction of sp³-hybridized carbons (Fsp3) is 0.450. The second-order valence-electron chi connectivity index (χ2n) is 6.82. The highest BCUT2D eigenvalue weighted by atomic mass is 16.2. The molecule has 0 saturated carbocycles. The van der Waals surface area contributed by atoms with Gasteiger partial charge in [-0.2, -0.15) is 5.10 Å². The number of nitrogens with zero attached hydrogens (tertiary/aromatic N) is 3. The Morgan fingerprint density at radius 1 is 1.22 bits per heavy atom. The van der Waals surface area contributed by atoms with Crippen molar-refractivity contribution in [3.63, 3.8) is 0 Å². The van der Waals surface area contributed by atoms with Gasteiger partial charge in [-0.25, -0.2) is 0 Å². The highest BCUT2D eigenvalue weighted by Crippen LogP contribution is 2.23. The van der Waals surface area contributed by atoms with Gasteiger partial charge in [-0.1, -0.05) is 30.3 Å². The van der Waals surface area contributed by atoms with Crippen molar-refractivity contribution in [2.24, 2.45) is 0 Å². The van der Waals surface area contributed by atoms with Gasteiger partial charge in [0, 0.05) is 38.4 Å². The lowest BCUT2D eigenvalue weighted by Gasteiger charge is -2.28. The molecule has 0 radical (unpaired) electrons. The van der Waals surface area contributed by atoms with Crippen LogP contribution in [-0.4, -0.2) is 63.5 Å². The van der Waals surface area contributed by atoms with Crippen molar-refractivity contribution in [1.82, 2.24) is 25.3 Å². The summed E-state index contributed by atoms with van der Waals surface area (Å²) in [4.78, 5) is 29.4. The number of likely N-dealkylation sites (tertiary alicyclic amines) is 1. The Balaban J connectivity index is 1.73. The van der Waals surface area contributed by atoms with Gasteiger partial charge >= 0.3 is 0 Å². The zero-order valence-electron chi connectivity index (χ0n) is 15.9. The topological polar surface area (TPSA) is 81.3 Å². The Labute approximate surface area is 159 Å². The Morgan fingerprint density at radius 3 is 2.59 bits per heavy atom. The van der Waals surface area contributed by atoms with E-state index in [9.17, 15) is 9.59 Å². The van der Waals surface area contributed by atoms with Crippen molar-refractivity contribution < 1.29 is 9.59 Å². The minimum Gasteiger partial charge on any atom is -0.347 e. The highest BCUT2D eigenvalue weighted by Gasteiger charge is 2.38. The van der Waals surface area contributed by atoms with Crippen LogP contribution in [0.5, 0.6) is 0 Å². The summed E-state index contributed by atoms with van der Waals surface area (Å²) >= 11 is 0. The molecule has 2 N–H and O–H groups in total. The smallest absolute Gasteiger partial charge is 0.269 e. The number of likely N-dealkylation sites (N-methyl/N-ethyl adjacent to an activating group) is 1. The second kappa shape index (κ2) is 8.81. The normalized spacial score (nSPS) is 19.8. The standard InChI is InChI=1S/C20H27N5O2/c1-3-24(4-2)20(27)18-12-16(22-19(26)17-10-11-21-23-17)14-25(18)13-15-8-6-5-7-9-15/h5-11,16,18H,3-4,12-14H2,1-2H3,(H,21,23)(H,22,26)/t16-,18-/m0/s1. The van der Waals surface area contributed by atoms with Gasteiger partial charge in [0.1, 0.15) is 5.69 Å². The van der Waals surface area contributed by atoms with Crippen molar-refractivity contribution >= 4 is 11.8 Å². The summed E-state index contributed by atoms with van der Waals surface area (Å²) in [6.07, 6.45) is 2.17. The van der Waals surface area contributed by atoms with E-state index >= 15 is 0 Å². The maximum absolute atomic E-state index is 13.0. The van der Waals surface area contributed by atoms with Crippen LogP contribution in [0.4, 0.5) is 0 Å². The highest BCUT2D eigenvalue weighted by molar-refractivity contribution is 5.92. The van der Waals surface area contributed by atoms with Gasteiger partial charge in [0.2, 0.25) is 5.91 Å². The SMILES string of the molecule is CCN(CC)C(=O)[C@@H]1C[C@H](NC(=O)c2ccn[nH]2)CN1Cc1ccccc1. The summed E-state index contributed by atoms with van der Waals surface area (Å²) in [7, 11) is 0. The number of hydrogen-bond acceptors (Lipinski definition) is 4. The number of hydrogen-bond donors (Lipinski definition) is 2. The van der Waals surface area contributed by atoms with Crippen molar-refractivity contribution in [3.8, 4) is 0 Å². The maximum Gasteiger partial charge on any atom is 0.269 e. The molecule has 1 aromatic heterocycles. The van der Waals surface area contributed by atoms with E-state index in [1.807, 2.05) is 36.9 Å². The molecular weight excluding hydrogens is 342 g/mol. The number of carbonyl (C=O) groups is 2. The third-order valence-electron chi connectivity index (χ3n) is 5.07. The first-order valence-electron chi connectivity index (χ1n) is 9.49. The number of nitrogens with one attached hydrogen (secondary N) is 2. The molecule has 27 heavy (non-hydrogen) atoms. The molecule has 1 aliphatic heterocycles. The van der Waals surface area contributed by atoms with Crippen molar-refractivity contribution in [3.05, 3.63) is 53.9 Å². The molecule has 2 aromatic rings. The summed E-state index contributed by atoms with van der Waals surface area (Å²) in [5.41, 5.74) is 1.60. The summed E-state index contributed by atoms with van der Waals surface area (Å²) < 4.78 is 0. The van der Waals surface area contributed by atoms with Crippen LogP contribution in [0.1, 0.15) is 36.3 Å². The van der Waals surface area contributed by atoms with E-state index in [1.54, 1.807) is 12.3 Å². The molecule has 0 aliphatic carbocycles. The molecule has 1 aliphatic rings. The molecule has 1 aromatic carbocycles. The second-order valence-corrected chi connectivity index (χ2v) is 6.82. The van der Waals surface area contributed by atoms with E-state index in [1.165, 1.54) is 0 Å². The van der Waals surface area contributed by atoms with Crippen LogP contribution in [0, 0.1) is 0 Å². The third-order valence-corrected chi connectivity index (χ3v) is 5.07. The van der Waals surface area contributed by atoms with Crippen LogP contribution in [0.15, 0.2) is 42.6 Å². The van der Waals surface area contributed by atoms with Gasteiger partial charge in [-0.3, -0.25) is 19.6 Å². The number of aromatic amines is 1. The van der Waals surface area contributed by atoms with E-state index in [0.29, 0.717) is 38.3 Å². The third kappa shape index (κ3) is 4.54. The van der Waals surface area contributed by atoms with Gasteiger partial charge in [0.05, 0.1) is 6.04 Å². The first kappa shape index (κ1) is 19.1.